The maximum Gasteiger partial charge on any atom is 0.0836 e. The molecule has 0 radical (unpaired) electrons. The molecule has 1 atom stereocenters. The van der Waals surface area contributed by atoms with E-state index in [0.717, 1.165) is 13.0 Å². The van der Waals surface area contributed by atoms with Gasteiger partial charge in [-0.1, -0.05) is 30.3 Å². The van der Waals surface area contributed by atoms with Gasteiger partial charge in [0.2, 0.25) is 0 Å². The number of hydrogen-bond acceptors (Lipinski definition) is 1. The SMILES string of the molecule is CCOC(CCCl)c1ccccc1. The first kappa shape index (κ1) is 10.6. The van der Waals surface area contributed by atoms with Crippen LogP contribution in [0.2, 0.25) is 0 Å². The first-order chi connectivity index (χ1) is 6.38. The van der Waals surface area contributed by atoms with Crippen molar-refractivity contribution in [2.75, 3.05) is 12.5 Å². The predicted molar refractivity (Wildman–Crippen MR) is 56.1 cm³/mol. The summed E-state index contributed by atoms with van der Waals surface area (Å²) in [5.74, 6) is 0.638. The van der Waals surface area contributed by atoms with Crippen molar-refractivity contribution in [3.8, 4) is 0 Å². The second-order valence-corrected chi connectivity index (χ2v) is 3.21. The number of halogens is 1. The monoisotopic (exact) mass is 198 g/mol. The van der Waals surface area contributed by atoms with Crippen molar-refractivity contribution >= 4 is 11.6 Å². The van der Waals surface area contributed by atoms with Gasteiger partial charge in [-0.25, -0.2) is 0 Å². The summed E-state index contributed by atoms with van der Waals surface area (Å²) in [7, 11) is 0. The van der Waals surface area contributed by atoms with E-state index >= 15 is 0 Å². The lowest BCUT2D eigenvalue weighted by Crippen LogP contribution is -2.04. The molecule has 0 aliphatic rings. The normalized spacial score (nSPS) is 12.8. The maximum absolute atomic E-state index is 5.70. The van der Waals surface area contributed by atoms with Crippen LogP contribution in [0.4, 0.5) is 0 Å². The molecule has 0 bridgehead atoms. The lowest BCUT2D eigenvalue weighted by Gasteiger charge is -2.15. The molecule has 0 spiro atoms. The zero-order chi connectivity index (χ0) is 9.52. The van der Waals surface area contributed by atoms with Gasteiger partial charge in [-0.2, -0.15) is 0 Å². The fourth-order valence-electron chi connectivity index (χ4n) is 1.31. The van der Waals surface area contributed by atoms with Crippen LogP contribution in [0.1, 0.15) is 25.0 Å². The molecule has 0 fully saturated rings. The van der Waals surface area contributed by atoms with E-state index in [0.29, 0.717) is 5.88 Å². The highest BCUT2D eigenvalue weighted by Crippen LogP contribution is 2.20. The van der Waals surface area contributed by atoms with Crippen LogP contribution >= 0.6 is 11.6 Å². The fraction of sp³-hybridized carbons (Fsp3) is 0.455. The van der Waals surface area contributed by atoms with Crippen LogP contribution in [0, 0.1) is 0 Å². The van der Waals surface area contributed by atoms with E-state index in [4.69, 9.17) is 16.3 Å². The first-order valence-electron chi connectivity index (χ1n) is 4.61. The highest BCUT2D eigenvalue weighted by molar-refractivity contribution is 6.17. The van der Waals surface area contributed by atoms with E-state index in [9.17, 15) is 0 Å². The molecule has 2 heteroatoms. The van der Waals surface area contributed by atoms with Gasteiger partial charge in [0, 0.05) is 12.5 Å². The largest absolute Gasteiger partial charge is 0.374 e. The van der Waals surface area contributed by atoms with Crippen molar-refractivity contribution in [2.24, 2.45) is 0 Å². The molecule has 0 aliphatic carbocycles. The van der Waals surface area contributed by atoms with E-state index < -0.39 is 0 Å². The van der Waals surface area contributed by atoms with Crippen molar-refractivity contribution < 1.29 is 4.74 Å². The van der Waals surface area contributed by atoms with E-state index in [1.807, 2.05) is 25.1 Å². The zero-order valence-corrected chi connectivity index (χ0v) is 8.63. The Morgan fingerprint density at radius 1 is 1.31 bits per heavy atom. The Balaban J connectivity index is 2.64. The topological polar surface area (TPSA) is 9.23 Å². The van der Waals surface area contributed by atoms with Gasteiger partial charge < -0.3 is 4.74 Å². The summed E-state index contributed by atoms with van der Waals surface area (Å²) in [4.78, 5) is 0. The summed E-state index contributed by atoms with van der Waals surface area (Å²) < 4.78 is 5.58. The Morgan fingerprint density at radius 3 is 2.54 bits per heavy atom. The van der Waals surface area contributed by atoms with Gasteiger partial charge in [0.05, 0.1) is 6.10 Å². The Hall–Kier alpha value is -0.530. The van der Waals surface area contributed by atoms with E-state index in [1.165, 1.54) is 5.56 Å². The number of alkyl halides is 1. The van der Waals surface area contributed by atoms with Crippen molar-refractivity contribution in [1.29, 1.82) is 0 Å². The van der Waals surface area contributed by atoms with Crippen molar-refractivity contribution in [3.63, 3.8) is 0 Å². The summed E-state index contributed by atoms with van der Waals surface area (Å²) in [5.41, 5.74) is 1.21. The molecule has 0 saturated heterocycles. The van der Waals surface area contributed by atoms with Crippen LogP contribution in [-0.2, 0) is 4.74 Å². The molecule has 0 saturated carbocycles. The minimum atomic E-state index is 0.156. The Bertz CT molecular complexity index is 217. The lowest BCUT2D eigenvalue weighted by atomic mass is 10.1. The smallest absolute Gasteiger partial charge is 0.0836 e. The highest BCUT2D eigenvalue weighted by atomic mass is 35.5. The average Bonchev–Trinajstić information content (AvgIpc) is 2.19. The second kappa shape index (κ2) is 6.01. The first-order valence-corrected chi connectivity index (χ1v) is 5.14. The van der Waals surface area contributed by atoms with Gasteiger partial charge in [0.1, 0.15) is 0 Å². The molecule has 0 heterocycles. The van der Waals surface area contributed by atoms with Gasteiger partial charge in [0.25, 0.3) is 0 Å². The molecule has 1 rings (SSSR count). The summed E-state index contributed by atoms with van der Waals surface area (Å²) >= 11 is 5.70. The quantitative estimate of drug-likeness (QED) is 0.659. The Morgan fingerprint density at radius 2 is 2.00 bits per heavy atom. The number of ether oxygens (including phenoxy) is 1. The minimum absolute atomic E-state index is 0.156. The third-order valence-electron chi connectivity index (χ3n) is 1.91. The second-order valence-electron chi connectivity index (χ2n) is 2.83. The molecule has 0 N–H and O–H groups in total. The van der Waals surface area contributed by atoms with Crippen molar-refractivity contribution in [1.82, 2.24) is 0 Å². The highest BCUT2D eigenvalue weighted by Gasteiger charge is 2.09. The predicted octanol–water partition coefficient (Wildman–Crippen LogP) is 3.39. The Labute approximate surface area is 84.7 Å². The molecular weight excluding hydrogens is 184 g/mol. The number of rotatable bonds is 5. The van der Waals surface area contributed by atoms with Crippen LogP contribution in [0.25, 0.3) is 0 Å². The molecule has 1 nitrogen and oxygen atoms in total. The molecule has 0 aliphatic heterocycles. The van der Waals surface area contributed by atoms with Crippen LogP contribution in [0.5, 0.6) is 0 Å². The summed E-state index contributed by atoms with van der Waals surface area (Å²) in [6.07, 6.45) is 1.03. The zero-order valence-electron chi connectivity index (χ0n) is 7.87. The molecule has 1 aromatic rings. The minimum Gasteiger partial charge on any atom is -0.374 e. The third kappa shape index (κ3) is 3.37. The maximum atomic E-state index is 5.70. The molecule has 13 heavy (non-hydrogen) atoms. The van der Waals surface area contributed by atoms with Gasteiger partial charge >= 0.3 is 0 Å². The summed E-state index contributed by atoms with van der Waals surface area (Å²) in [6, 6.07) is 10.2. The summed E-state index contributed by atoms with van der Waals surface area (Å²) in [6.45, 7) is 2.74. The van der Waals surface area contributed by atoms with Crippen LogP contribution in [0.15, 0.2) is 30.3 Å². The summed E-state index contributed by atoms with van der Waals surface area (Å²) in [5, 5.41) is 0. The van der Waals surface area contributed by atoms with E-state index in [2.05, 4.69) is 12.1 Å². The van der Waals surface area contributed by atoms with Crippen LogP contribution in [0.3, 0.4) is 0 Å². The molecule has 1 aromatic carbocycles. The number of hydrogen-bond donors (Lipinski definition) is 0. The van der Waals surface area contributed by atoms with Gasteiger partial charge in [-0.05, 0) is 18.9 Å². The van der Waals surface area contributed by atoms with Crippen molar-refractivity contribution in [3.05, 3.63) is 35.9 Å². The van der Waals surface area contributed by atoms with Gasteiger partial charge in [0.15, 0.2) is 0 Å². The molecule has 1 unspecified atom stereocenters. The Kier molecular flexibility index (Phi) is 4.87. The van der Waals surface area contributed by atoms with E-state index in [-0.39, 0.29) is 6.10 Å². The van der Waals surface area contributed by atoms with E-state index in [1.54, 1.807) is 0 Å². The third-order valence-corrected chi connectivity index (χ3v) is 2.13. The molecule has 0 aromatic heterocycles. The molecule has 72 valence electrons. The fourth-order valence-corrected chi connectivity index (χ4v) is 1.51. The average molecular weight is 199 g/mol. The molecule has 0 amide bonds. The van der Waals surface area contributed by atoms with Gasteiger partial charge in [-0.15, -0.1) is 11.6 Å². The molecular formula is C11H15ClO. The van der Waals surface area contributed by atoms with Gasteiger partial charge in [-0.3, -0.25) is 0 Å². The van der Waals surface area contributed by atoms with Crippen LogP contribution < -0.4 is 0 Å². The van der Waals surface area contributed by atoms with Crippen molar-refractivity contribution in [2.45, 2.75) is 19.4 Å². The van der Waals surface area contributed by atoms with Crippen LogP contribution in [-0.4, -0.2) is 12.5 Å². The standard InChI is InChI=1S/C11H15ClO/c1-2-13-11(8-9-12)10-6-4-3-5-7-10/h3-7,11H,2,8-9H2,1H3. The number of benzene rings is 1. The lowest BCUT2D eigenvalue weighted by molar-refractivity contribution is 0.0604.